The molecule has 0 bridgehead atoms. The molecule has 0 atom stereocenters. The fraction of sp³-hybridized carbons (Fsp3) is 0.176. The lowest BCUT2D eigenvalue weighted by Crippen LogP contribution is -2.32. The Labute approximate surface area is 154 Å². The monoisotopic (exact) mass is 365 g/mol. The van der Waals surface area contributed by atoms with Crippen LogP contribution in [0.2, 0.25) is 0 Å². The summed E-state index contributed by atoms with van der Waals surface area (Å²) in [5.41, 5.74) is 10.0. The first kappa shape index (κ1) is 16.9. The molecule has 6 N–H and O–H groups in total. The summed E-state index contributed by atoms with van der Waals surface area (Å²) < 4.78 is 1.63. The van der Waals surface area contributed by atoms with Crippen LogP contribution in [0, 0.1) is 0 Å². The molecule has 0 amide bonds. The third kappa shape index (κ3) is 3.43. The third-order valence-corrected chi connectivity index (χ3v) is 4.10. The van der Waals surface area contributed by atoms with E-state index in [1.165, 1.54) is 5.01 Å². The maximum Gasteiger partial charge on any atom is 0.186 e. The van der Waals surface area contributed by atoms with Crippen LogP contribution in [-0.4, -0.2) is 41.4 Å². The lowest BCUT2D eigenvalue weighted by atomic mass is 10.2. The molecule has 0 aromatic carbocycles. The van der Waals surface area contributed by atoms with E-state index in [4.69, 9.17) is 16.7 Å². The molecule has 0 unspecified atom stereocenters. The number of hydrogen-bond donors (Lipinski definition) is 4. The van der Waals surface area contributed by atoms with Crippen LogP contribution in [0.15, 0.2) is 43.0 Å². The number of nitrogens with one attached hydrogen (secondary N) is 1. The number of nitrogens with two attached hydrogens (primary N) is 2. The van der Waals surface area contributed by atoms with Gasteiger partial charge in [0.1, 0.15) is 0 Å². The molecule has 4 aromatic rings. The molecule has 4 rings (SSSR count). The predicted octanol–water partition coefficient (Wildman–Crippen LogP) is 0.671. The highest BCUT2D eigenvalue weighted by molar-refractivity contribution is 5.75. The number of hydrazine groups is 1. The Hall–Kier alpha value is -3.50. The van der Waals surface area contributed by atoms with Crippen LogP contribution in [0.3, 0.4) is 0 Å². The fourth-order valence-electron chi connectivity index (χ4n) is 2.82. The van der Waals surface area contributed by atoms with Gasteiger partial charge < -0.3 is 15.8 Å². The number of aliphatic hydroxyl groups excluding tert-OH is 1. The van der Waals surface area contributed by atoms with Crippen LogP contribution < -0.4 is 16.6 Å². The molecule has 10 heteroatoms. The highest BCUT2D eigenvalue weighted by Gasteiger charge is 2.14. The van der Waals surface area contributed by atoms with Crippen molar-refractivity contribution in [1.29, 1.82) is 0 Å². The summed E-state index contributed by atoms with van der Waals surface area (Å²) in [6.07, 6.45) is 6.75. The SMILES string of the molecule is Nc1ncc(-c2cnn(CCO)c2)nc1N(N)Cc1cc2ncccc2[nH]1. The maximum absolute atomic E-state index is 9.01. The topological polar surface area (TPSA) is 148 Å². The summed E-state index contributed by atoms with van der Waals surface area (Å²) in [6.45, 7) is 0.783. The summed E-state index contributed by atoms with van der Waals surface area (Å²) >= 11 is 0. The summed E-state index contributed by atoms with van der Waals surface area (Å²) in [5, 5.41) is 14.6. The van der Waals surface area contributed by atoms with E-state index in [-0.39, 0.29) is 12.4 Å². The van der Waals surface area contributed by atoms with Gasteiger partial charge in [-0.15, -0.1) is 0 Å². The van der Waals surface area contributed by atoms with Gasteiger partial charge >= 0.3 is 0 Å². The minimum absolute atomic E-state index is 0.00964. The Balaban J connectivity index is 1.59. The lowest BCUT2D eigenvalue weighted by molar-refractivity contribution is 0.269. The molecular weight excluding hydrogens is 346 g/mol. The van der Waals surface area contributed by atoms with Gasteiger partial charge in [0.25, 0.3) is 0 Å². The number of aliphatic hydroxyl groups is 1. The average molecular weight is 365 g/mol. The number of pyridine rings is 1. The molecule has 0 radical (unpaired) electrons. The van der Waals surface area contributed by atoms with Crippen LogP contribution in [0.4, 0.5) is 11.6 Å². The van der Waals surface area contributed by atoms with Crippen molar-refractivity contribution < 1.29 is 5.11 Å². The molecule has 0 aliphatic carbocycles. The lowest BCUT2D eigenvalue weighted by Gasteiger charge is -2.18. The Morgan fingerprint density at radius 3 is 2.96 bits per heavy atom. The summed E-state index contributed by atoms with van der Waals surface area (Å²) in [4.78, 5) is 16.3. The number of nitrogen functional groups attached to an aromatic ring is 1. The van der Waals surface area contributed by atoms with Gasteiger partial charge in [0.2, 0.25) is 0 Å². The van der Waals surface area contributed by atoms with Crippen molar-refractivity contribution in [3.05, 3.63) is 48.7 Å². The number of H-pyrrole nitrogens is 1. The van der Waals surface area contributed by atoms with Gasteiger partial charge in [0.15, 0.2) is 11.6 Å². The second kappa shape index (κ2) is 7.02. The van der Waals surface area contributed by atoms with Crippen molar-refractivity contribution in [2.45, 2.75) is 13.1 Å². The standard InChI is InChI=1S/C17H19N9O/c18-16-17(24-15(8-21-16)11-7-22-25(9-11)4-5-27)26(19)10-12-6-14-13(23-12)2-1-3-20-14/h1-3,6-9,23,27H,4-5,10,19H2,(H2,18,21). The van der Waals surface area contributed by atoms with Gasteiger partial charge in [0.05, 0.1) is 48.8 Å². The van der Waals surface area contributed by atoms with E-state index in [0.717, 1.165) is 22.3 Å². The van der Waals surface area contributed by atoms with E-state index >= 15 is 0 Å². The van der Waals surface area contributed by atoms with E-state index in [1.54, 1.807) is 29.5 Å². The first-order valence-corrected chi connectivity index (χ1v) is 8.35. The van der Waals surface area contributed by atoms with Crippen molar-refractivity contribution in [3.8, 4) is 11.3 Å². The molecule has 4 heterocycles. The van der Waals surface area contributed by atoms with Gasteiger partial charge in [-0.3, -0.25) is 14.7 Å². The van der Waals surface area contributed by atoms with Crippen molar-refractivity contribution >= 4 is 22.7 Å². The molecule has 0 saturated carbocycles. The highest BCUT2D eigenvalue weighted by atomic mass is 16.3. The molecule has 0 aliphatic heterocycles. The third-order valence-electron chi connectivity index (χ3n) is 4.10. The van der Waals surface area contributed by atoms with Crippen LogP contribution in [0.25, 0.3) is 22.3 Å². The molecule has 10 nitrogen and oxygen atoms in total. The van der Waals surface area contributed by atoms with Crippen molar-refractivity contribution in [3.63, 3.8) is 0 Å². The summed E-state index contributed by atoms with van der Waals surface area (Å²) in [5.74, 6) is 6.81. The van der Waals surface area contributed by atoms with Gasteiger partial charge in [-0.2, -0.15) is 5.10 Å². The van der Waals surface area contributed by atoms with Gasteiger partial charge in [-0.25, -0.2) is 15.8 Å². The summed E-state index contributed by atoms with van der Waals surface area (Å²) in [7, 11) is 0. The number of fused-ring (bicyclic) bond motifs is 1. The molecule has 138 valence electrons. The zero-order valence-electron chi connectivity index (χ0n) is 14.4. The normalized spacial score (nSPS) is 11.2. The predicted molar refractivity (Wildman–Crippen MR) is 101 cm³/mol. The molecule has 0 aliphatic rings. The number of aromatic nitrogens is 6. The fourth-order valence-corrected chi connectivity index (χ4v) is 2.82. The van der Waals surface area contributed by atoms with Crippen molar-refractivity contribution in [2.24, 2.45) is 5.84 Å². The minimum Gasteiger partial charge on any atom is -0.394 e. The quantitative estimate of drug-likeness (QED) is 0.288. The van der Waals surface area contributed by atoms with Crippen LogP contribution in [0.1, 0.15) is 5.69 Å². The number of rotatable bonds is 6. The van der Waals surface area contributed by atoms with Gasteiger partial charge in [-0.05, 0) is 18.2 Å². The minimum atomic E-state index is 0.00964. The number of nitrogens with zero attached hydrogens (tertiary/aromatic N) is 6. The zero-order valence-corrected chi connectivity index (χ0v) is 14.4. The van der Waals surface area contributed by atoms with Gasteiger partial charge in [0, 0.05) is 23.7 Å². The van der Waals surface area contributed by atoms with Gasteiger partial charge in [-0.1, -0.05) is 0 Å². The Bertz CT molecular complexity index is 1040. The molecule has 0 spiro atoms. The highest BCUT2D eigenvalue weighted by Crippen LogP contribution is 2.23. The van der Waals surface area contributed by atoms with E-state index in [1.807, 2.05) is 18.2 Å². The van der Waals surface area contributed by atoms with E-state index in [2.05, 4.69) is 25.0 Å². The smallest absolute Gasteiger partial charge is 0.186 e. The molecule has 0 fully saturated rings. The molecular formula is C17H19N9O. The first-order chi connectivity index (χ1) is 13.1. The van der Waals surface area contributed by atoms with E-state index in [9.17, 15) is 0 Å². The van der Waals surface area contributed by atoms with E-state index < -0.39 is 0 Å². The molecule has 27 heavy (non-hydrogen) atoms. The molecule has 4 aromatic heterocycles. The van der Waals surface area contributed by atoms with Crippen LogP contribution in [0.5, 0.6) is 0 Å². The van der Waals surface area contributed by atoms with Crippen LogP contribution in [-0.2, 0) is 13.1 Å². The zero-order chi connectivity index (χ0) is 18.8. The van der Waals surface area contributed by atoms with Crippen molar-refractivity contribution in [1.82, 2.24) is 29.7 Å². The largest absolute Gasteiger partial charge is 0.394 e. The second-order valence-electron chi connectivity index (χ2n) is 6.04. The summed E-state index contributed by atoms with van der Waals surface area (Å²) in [6, 6.07) is 5.75. The maximum atomic E-state index is 9.01. The van der Waals surface area contributed by atoms with Crippen LogP contribution >= 0.6 is 0 Å². The Kier molecular flexibility index (Phi) is 4.40. The van der Waals surface area contributed by atoms with E-state index in [0.29, 0.717) is 24.6 Å². The van der Waals surface area contributed by atoms with Crippen molar-refractivity contribution in [2.75, 3.05) is 17.3 Å². The number of hydrogen-bond acceptors (Lipinski definition) is 8. The average Bonchev–Trinajstić information content (AvgIpc) is 3.28. The Morgan fingerprint density at radius 2 is 2.15 bits per heavy atom. The Morgan fingerprint density at radius 1 is 1.26 bits per heavy atom. The first-order valence-electron chi connectivity index (χ1n) is 8.35. The second-order valence-corrected chi connectivity index (χ2v) is 6.04. The number of anilines is 2. The molecule has 0 saturated heterocycles. The number of aromatic amines is 1.